The first kappa shape index (κ1) is 18.8. The molecule has 5 rings (SSSR count). The summed E-state index contributed by atoms with van der Waals surface area (Å²) in [6.45, 7) is 6.82. The van der Waals surface area contributed by atoms with E-state index < -0.39 is 0 Å². The molecule has 0 saturated carbocycles. The molecule has 0 aliphatic carbocycles. The molecule has 4 heterocycles. The van der Waals surface area contributed by atoms with Crippen LogP contribution in [-0.4, -0.2) is 37.6 Å². The van der Waals surface area contributed by atoms with Crippen molar-refractivity contribution >= 4 is 33.3 Å². The lowest BCUT2D eigenvalue weighted by molar-refractivity contribution is -0.116. The van der Waals surface area contributed by atoms with E-state index in [1.165, 1.54) is 11.3 Å². The molecule has 0 saturated heterocycles. The van der Waals surface area contributed by atoms with Crippen LogP contribution in [0.3, 0.4) is 0 Å². The molecule has 4 aromatic rings. The monoisotopic (exact) mass is 422 g/mol. The van der Waals surface area contributed by atoms with Gasteiger partial charge in [0, 0.05) is 36.2 Å². The van der Waals surface area contributed by atoms with Gasteiger partial charge in [-0.2, -0.15) is 14.9 Å². The molecule has 0 bridgehead atoms. The number of fused-ring (bicyclic) bond motifs is 2. The SMILES string of the molecule is CCn1cc(C2CC(=O)Nc3c2c(C)nn3-c2nc3ccc(OC)cc3s2)c(C)n1. The number of anilines is 1. The lowest BCUT2D eigenvalue weighted by Crippen LogP contribution is -2.25. The number of benzene rings is 1. The Morgan fingerprint density at radius 3 is 2.83 bits per heavy atom. The summed E-state index contributed by atoms with van der Waals surface area (Å²) in [5.41, 5.74) is 4.81. The van der Waals surface area contributed by atoms with Crippen molar-refractivity contribution in [2.24, 2.45) is 0 Å². The van der Waals surface area contributed by atoms with Crippen LogP contribution in [0.15, 0.2) is 24.4 Å². The van der Waals surface area contributed by atoms with E-state index in [9.17, 15) is 4.79 Å². The van der Waals surface area contributed by atoms with E-state index >= 15 is 0 Å². The predicted molar refractivity (Wildman–Crippen MR) is 116 cm³/mol. The summed E-state index contributed by atoms with van der Waals surface area (Å²) < 4.78 is 10.00. The fourth-order valence-electron chi connectivity index (χ4n) is 4.10. The molecule has 1 N–H and O–H groups in total. The summed E-state index contributed by atoms with van der Waals surface area (Å²) in [5.74, 6) is 1.38. The maximum atomic E-state index is 12.6. The smallest absolute Gasteiger partial charge is 0.226 e. The van der Waals surface area contributed by atoms with E-state index in [1.54, 1.807) is 11.8 Å². The molecule has 1 aliphatic rings. The first-order valence-corrected chi connectivity index (χ1v) is 10.7. The minimum Gasteiger partial charge on any atom is -0.497 e. The zero-order chi connectivity index (χ0) is 21.0. The Morgan fingerprint density at radius 2 is 2.10 bits per heavy atom. The third kappa shape index (κ3) is 2.88. The van der Waals surface area contributed by atoms with Crippen LogP contribution in [0.4, 0.5) is 5.82 Å². The molecule has 3 aromatic heterocycles. The number of carbonyl (C=O) groups excluding carboxylic acids is 1. The van der Waals surface area contributed by atoms with Gasteiger partial charge in [0.1, 0.15) is 11.6 Å². The first-order chi connectivity index (χ1) is 14.5. The number of aryl methyl sites for hydroxylation is 3. The number of amides is 1. The number of methoxy groups -OCH3 is 1. The molecular weight excluding hydrogens is 400 g/mol. The molecule has 9 heteroatoms. The van der Waals surface area contributed by atoms with E-state index in [0.29, 0.717) is 17.4 Å². The number of hydrogen-bond donors (Lipinski definition) is 1. The van der Waals surface area contributed by atoms with E-state index in [-0.39, 0.29) is 11.8 Å². The Hall–Kier alpha value is -3.20. The van der Waals surface area contributed by atoms with Crippen molar-refractivity contribution in [3.63, 3.8) is 0 Å². The zero-order valence-corrected chi connectivity index (χ0v) is 18.1. The Morgan fingerprint density at radius 1 is 1.27 bits per heavy atom. The minimum atomic E-state index is -0.0720. The third-order valence-corrected chi connectivity index (χ3v) is 6.55. The number of thiazole rings is 1. The normalized spacial score (nSPS) is 16.0. The van der Waals surface area contributed by atoms with Gasteiger partial charge in [-0.15, -0.1) is 0 Å². The van der Waals surface area contributed by atoms with Gasteiger partial charge >= 0.3 is 0 Å². The standard InChI is InChI=1S/C21H22N6O2S/c1-5-26-10-15(11(2)24-26)14-9-18(28)23-20-19(14)12(3)25-27(20)21-22-16-7-6-13(29-4)8-17(16)30-21/h6-8,10,14H,5,9H2,1-4H3,(H,23,28). The van der Waals surface area contributed by atoms with Gasteiger partial charge in [0.15, 0.2) is 0 Å². The van der Waals surface area contributed by atoms with Crippen LogP contribution >= 0.6 is 11.3 Å². The molecular formula is C21H22N6O2S. The molecule has 1 amide bonds. The number of nitrogens with one attached hydrogen (secondary N) is 1. The number of rotatable bonds is 4. The van der Waals surface area contributed by atoms with Gasteiger partial charge in [0.05, 0.1) is 28.7 Å². The molecule has 8 nitrogen and oxygen atoms in total. The maximum absolute atomic E-state index is 12.6. The van der Waals surface area contributed by atoms with E-state index in [4.69, 9.17) is 14.8 Å². The van der Waals surface area contributed by atoms with Gasteiger partial charge < -0.3 is 10.1 Å². The van der Waals surface area contributed by atoms with Gasteiger partial charge in [0.2, 0.25) is 11.0 Å². The van der Waals surface area contributed by atoms with Crippen molar-refractivity contribution in [1.82, 2.24) is 24.5 Å². The highest BCUT2D eigenvalue weighted by molar-refractivity contribution is 7.20. The van der Waals surface area contributed by atoms with Gasteiger partial charge in [-0.05, 0) is 39.0 Å². The molecule has 154 valence electrons. The van der Waals surface area contributed by atoms with Gasteiger partial charge in [-0.25, -0.2) is 4.98 Å². The number of carbonyl (C=O) groups is 1. The Kier molecular flexibility index (Phi) is 4.35. The van der Waals surface area contributed by atoms with Crippen LogP contribution in [0, 0.1) is 13.8 Å². The third-order valence-electron chi connectivity index (χ3n) is 5.55. The maximum Gasteiger partial charge on any atom is 0.226 e. The van der Waals surface area contributed by atoms with E-state index in [0.717, 1.165) is 45.0 Å². The number of ether oxygens (including phenoxy) is 1. The fraction of sp³-hybridized carbons (Fsp3) is 0.333. The Labute approximate surface area is 177 Å². The molecule has 0 spiro atoms. The second-order valence-electron chi connectivity index (χ2n) is 7.42. The fourth-order valence-corrected chi connectivity index (χ4v) is 5.05. The number of aromatic nitrogens is 5. The van der Waals surface area contributed by atoms with Crippen molar-refractivity contribution in [2.45, 2.75) is 39.7 Å². The average Bonchev–Trinajstić information content (AvgIpc) is 3.41. The highest BCUT2D eigenvalue weighted by atomic mass is 32.1. The summed E-state index contributed by atoms with van der Waals surface area (Å²) in [5, 5.41) is 13.1. The summed E-state index contributed by atoms with van der Waals surface area (Å²) in [6, 6.07) is 5.78. The van der Waals surface area contributed by atoms with Crippen molar-refractivity contribution < 1.29 is 9.53 Å². The summed E-state index contributed by atoms with van der Waals surface area (Å²) >= 11 is 1.52. The lowest BCUT2D eigenvalue weighted by atomic mass is 9.86. The summed E-state index contributed by atoms with van der Waals surface area (Å²) in [4.78, 5) is 17.4. The zero-order valence-electron chi connectivity index (χ0n) is 17.3. The van der Waals surface area contributed by atoms with Crippen LogP contribution in [-0.2, 0) is 11.3 Å². The van der Waals surface area contributed by atoms with Crippen molar-refractivity contribution in [3.8, 4) is 10.9 Å². The first-order valence-electron chi connectivity index (χ1n) is 9.86. The van der Waals surface area contributed by atoms with Crippen LogP contribution in [0.2, 0.25) is 0 Å². The lowest BCUT2D eigenvalue weighted by Gasteiger charge is -2.23. The number of nitrogens with zero attached hydrogens (tertiary/aromatic N) is 5. The summed E-state index contributed by atoms with van der Waals surface area (Å²) in [7, 11) is 1.65. The van der Waals surface area contributed by atoms with Crippen LogP contribution in [0.1, 0.15) is 41.8 Å². The van der Waals surface area contributed by atoms with Gasteiger partial charge in [-0.3, -0.25) is 9.48 Å². The minimum absolute atomic E-state index is 0.0277. The highest BCUT2D eigenvalue weighted by Gasteiger charge is 2.34. The molecule has 1 aliphatic heterocycles. The molecule has 0 radical (unpaired) electrons. The van der Waals surface area contributed by atoms with Gasteiger partial charge in [-0.1, -0.05) is 11.3 Å². The second-order valence-corrected chi connectivity index (χ2v) is 8.43. The molecule has 1 unspecified atom stereocenters. The van der Waals surface area contributed by atoms with Gasteiger partial charge in [0.25, 0.3) is 0 Å². The Bertz CT molecular complexity index is 1280. The average molecular weight is 423 g/mol. The van der Waals surface area contributed by atoms with Crippen LogP contribution < -0.4 is 10.1 Å². The largest absolute Gasteiger partial charge is 0.497 e. The van der Waals surface area contributed by atoms with E-state index in [2.05, 4.69) is 17.3 Å². The second kappa shape index (κ2) is 6.94. The number of hydrogen-bond acceptors (Lipinski definition) is 6. The van der Waals surface area contributed by atoms with Crippen molar-refractivity contribution in [3.05, 3.63) is 46.9 Å². The van der Waals surface area contributed by atoms with Crippen LogP contribution in [0.25, 0.3) is 15.3 Å². The van der Waals surface area contributed by atoms with E-state index in [1.807, 2.05) is 42.9 Å². The van der Waals surface area contributed by atoms with Crippen molar-refractivity contribution in [2.75, 3.05) is 12.4 Å². The van der Waals surface area contributed by atoms with Crippen molar-refractivity contribution in [1.29, 1.82) is 0 Å². The topological polar surface area (TPSA) is 86.9 Å². The summed E-state index contributed by atoms with van der Waals surface area (Å²) in [6.07, 6.45) is 2.43. The quantitative estimate of drug-likeness (QED) is 0.541. The Balaban J connectivity index is 1.65. The molecule has 1 atom stereocenters. The molecule has 30 heavy (non-hydrogen) atoms. The predicted octanol–water partition coefficient (Wildman–Crippen LogP) is 3.80. The molecule has 0 fully saturated rings. The molecule has 1 aromatic carbocycles. The highest BCUT2D eigenvalue weighted by Crippen LogP contribution is 2.42. The van der Waals surface area contributed by atoms with Crippen LogP contribution in [0.5, 0.6) is 5.75 Å².